The molecule has 2 unspecified atom stereocenters. The number of nitrogens with one attached hydrogen (secondary N) is 1. The number of benzene rings is 1. The highest BCUT2D eigenvalue weighted by Gasteiger charge is 2.28. The zero-order valence-electron chi connectivity index (χ0n) is 15.4. The molecule has 2 aliphatic rings. The van der Waals surface area contributed by atoms with Crippen molar-refractivity contribution in [3.63, 3.8) is 0 Å². The molecule has 2 atom stereocenters. The first kappa shape index (κ1) is 18.4. The Kier molecular flexibility index (Phi) is 5.59. The molecule has 6 nitrogen and oxygen atoms in total. The van der Waals surface area contributed by atoms with E-state index >= 15 is 0 Å². The molecule has 1 aliphatic heterocycles. The number of hydrogen-bond acceptors (Lipinski definition) is 4. The van der Waals surface area contributed by atoms with Crippen LogP contribution >= 0.6 is 0 Å². The van der Waals surface area contributed by atoms with Crippen LogP contribution in [0.4, 0.5) is 5.69 Å². The summed E-state index contributed by atoms with van der Waals surface area (Å²) in [6.07, 6.45) is 4.78. The lowest BCUT2D eigenvalue weighted by Crippen LogP contribution is -2.44. The van der Waals surface area contributed by atoms with Gasteiger partial charge in [-0.3, -0.25) is 14.4 Å². The quantitative estimate of drug-likeness (QED) is 0.821. The van der Waals surface area contributed by atoms with Gasteiger partial charge >= 0.3 is 0 Å². The van der Waals surface area contributed by atoms with Gasteiger partial charge in [-0.2, -0.15) is 0 Å². The molecule has 1 aromatic carbocycles. The van der Waals surface area contributed by atoms with Gasteiger partial charge < -0.3 is 15.0 Å². The van der Waals surface area contributed by atoms with Crippen molar-refractivity contribution in [2.45, 2.75) is 52.0 Å². The lowest BCUT2D eigenvalue weighted by atomic mass is 9.86. The van der Waals surface area contributed by atoms with Crippen molar-refractivity contribution in [3.05, 3.63) is 23.8 Å². The molecule has 0 saturated heterocycles. The van der Waals surface area contributed by atoms with Crippen molar-refractivity contribution in [2.24, 2.45) is 5.92 Å². The summed E-state index contributed by atoms with van der Waals surface area (Å²) in [5.41, 5.74) is 1.08. The molecule has 1 N–H and O–H groups in total. The molecular weight excluding hydrogens is 332 g/mol. The number of amides is 2. The molecule has 1 heterocycles. The third-order valence-corrected chi connectivity index (χ3v) is 5.33. The zero-order valence-corrected chi connectivity index (χ0v) is 15.4. The van der Waals surface area contributed by atoms with Crippen molar-refractivity contribution in [1.29, 1.82) is 0 Å². The third-order valence-electron chi connectivity index (χ3n) is 5.33. The molecule has 2 amide bonds. The Morgan fingerprint density at radius 1 is 1.27 bits per heavy atom. The maximum absolute atomic E-state index is 12.4. The average molecular weight is 358 g/mol. The van der Waals surface area contributed by atoms with Crippen LogP contribution in [0.25, 0.3) is 0 Å². The van der Waals surface area contributed by atoms with E-state index < -0.39 is 0 Å². The summed E-state index contributed by atoms with van der Waals surface area (Å²) >= 11 is 0. The van der Waals surface area contributed by atoms with Gasteiger partial charge in [0.05, 0.1) is 5.69 Å². The molecule has 1 aromatic rings. The molecule has 26 heavy (non-hydrogen) atoms. The van der Waals surface area contributed by atoms with Crippen LogP contribution in [0.3, 0.4) is 0 Å². The van der Waals surface area contributed by atoms with E-state index in [1.807, 2.05) is 0 Å². The van der Waals surface area contributed by atoms with E-state index in [1.54, 1.807) is 23.1 Å². The first-order valence-electron chi connectivity index (χ1n) is 9.33. The monoisotopic (exact) mass is 358 g/mol. The fourth-order valence-corrected chi connectivity index (χ4v) is 3.69. The number of fused-ring (bicyclic) bond motifs is 1. The van der Waals surface area contributed by atoms with E-state index in [2.05, 4.69) is 12.2 Å². The predicted molar refractivity (Wildman–Crippen MR) is 98.5 cm³/mol. The SMILES string of the molecule is CC(=O)c1ccc2c(c1)N(CCC(=O)NC1CCCCC1C)C(=O)CO2. The molecule has 1 aliphatic carbocycles. The maximum Gasteiger partial charge on any atom is 0.265 e. The standard InChI is InChI=1S/C20H26N2O4/c1-13-5-3-4-6-16(13)21-19(24)9-10-22-17-11-15(14(2)23)7-8-18(17)26-12-20(22)25/h7-8,11,13,16H,3-6,9-10,12H2,1-2H3,(H,21,24). The molecule has 6 heteroatoms. The normalized spacial score (nSPS) is 22.4. The highest BCUT2D eigenvalue weighted by atomic mass is 16.5. The first-order chi connectivity index (χ1) is 12.5. The first-order valence-corrected chi connectivity index (χ1v) is 9.33. The van der Waals surface area contributed by atoms with Crippen LogP contribution in [-0.4, -0.2) is 36.8 Å². The Labute approximate surface area is 153 Å². The second-order valence-corrected chi connectivity index (χ2v) is 7.26. The fourth-order valence-electron chi connectivity index (χ4n) is 3.69. The molecule has 140 valence electrons. The summed E-state index contributed by atoms with van der Waals surface area (Å²) in [6.45, 7) is 3.89. The number of hydrogen-bond donors (Lipinski definition) is 1. The van der Waals surface area contributed by atoms with Gasteiger partial charge in [-0.05, 0) is 43.9 Å². The number of Topliss-reactive ketones (excluding diaryl/α,β-unsaturated/α-hetero) is 1. The topological polar surface area (TPSA) is 75.7 Å². The summed E-state index contributed by atoms with van der Waals surface area (Å²) in [6, 6.07) is 5.28. The second kappa shape index (κ2) is 7.89. The number of carbonyl (C=O) groups excluding carboxylic acids is 3. The Balaban J connectivity index is 1.66. The lowest BCUT2D eigenvalue weighted by molar-refractivity contribution is -0.122. The molecule has 0 bridgehead atoms. The van der Waals surface area contributed by atoms with Crippen LogP contribution in [0.5, 0.6) is 5.75 Å². The van der Waals surface area contributed by atoms with Gasteiger partial charge in [0.25, 0.3) is 5.91 Å². The Bertz CT molecular complexity index is 716. The summed E-state index contributed by atoms with van der Waals surface area (Å²) in [4.78, 5) is 37.8. The number of rotatable bonds is 5. The van der Waals surface area contributed by atoms with Crippen molar-refractivity contribution in [1.82, 2.24) is 5.32 Å². The Morgan fingerprint density at radius 3 is 2.77 bits per heavy atom. The van der Waals surface area contributed by atoms with Gasteiger partial charge in [0.1, 0.15) is 5.75 Å². The minimum Gasteiger partial charge on any atom is -0.482 e. The fraction of sp³-hybridized carbons (Fsp3) is 0.550. The van der Waals surface area contributed by atoms with E-state index in [9.17, 15) is 14.4 Å². The van der Waals surface area contributed by atoms with E-state index in [1.165, 1.54) is 13.3 Å². The minimum atomic E-state index is -0.197. The van der Waals surface area contributed by atoms with E-state index in [0.717, 1.165) is 19.3 Å². The van der Waals surface area contributed by atoms with Gasteiger partial charge in [0.15, 0.2) is 12.4 Å². The van der Waals surface area contributed by atoms with Crippen molar-refractivity contribution >= 4 is 23.3 Å². The molecule has 1 saturated carbocycles. The van der Waals surface area contributed by atoms with Gasteiger partial charge in [0.2, 0.25) is 5.91 Å². The van der Waals surface area contributed by atoms with Crippen molar-refractivity contribution in [3.8, 4) is 5.75 Å². The molecular formula is C20H26N2O4. The Hall–Kier alpha value is -2.37. The van der Waals surface area contributed by atoms with Crippen LogP contribution < -0.4 is 15.0 Å². The maximum atomic E-state index is 12.4. The lowest BCUT2D eigenvalue weighted by Gasteiger charge is -2.31. The van der Waals surface area contributed by atoms with Crippen LogP contribution in [0.2, 0.25) is 0 Å². The third kappa shape index (κ3) is 4.06. The predicted octanol–water partition coefficient (Wildman–Crippen LogP) is 2.70. The van der Waals surface area contributed by atoms with Crippen LogP contribution in [0, 0.1) is 5.92 Å². The highest BCUT2D eigenvalue weighted by molar-refractivity contribution is 6.01. The molecule has 0 spiro atoms. The van der Waals surface area contributed by atoms with Crippen molar-refractivity contribution in [2.75, 3.05) is 18.1 Å². The second-order valence-electron chi connectivity index (χ2n) is 7.26. The number of ketones is 1. The summed E-state index contributed by atoms with van der Waals surface area (Å²) in [7, 11) is 0. The van der Waals surface area contributed by atoms with Gasteiger partial charge in [-0.1, -0.05) is 19.8 Å². The largest absolute Gasteiger partial charge is 0.482 e. The van der Waals surface area contributed by atoms with Gasteiger partial charge in [-0.25, -0.2) is 0 Å². The molecule has 0 radical (unpaired) electrons. The zero-order chi connectivity index (χ0) is 18.7. The molecule has 0 aromatic heterocycles. The molecule has 1 fully saturated rings. The number of carbonyl (C=O) groups is 3. The number of nitrogens with zero attached hydrogens (tertiary/aromatic N) is 1. The average Bonchev–Trinajstić information content (AvgIpc) is 2.62. The van der Waals surface area contributed by atoms with Crippen LogP contribution in [0.15, 0.2) is 18.2 Å². The smallest absolute Gasteiger partial charge is 0.265 e. The number of anilines is 1. The van der Waals surface area contributed by atoms with Crippen LogP contribution in [0.1, 0.15) is 56.3 Å². The highest BCUT2D eigenvalue weighted by Crippen LogP contribution is 2.33. The molecule has 3 rings (SSSR count). The summed E-state index contributed by atoms with van der Waals surface area (Å²) < 4.78 is 5.44. The summed E-state index contributed by atoms with van der Waals surface area (Å²) in [5.74, 6) is 0.756. The summed E-state index contributed by atoms with van der Waals surface area (Å²) in [5, 5.41) is 3.11. The van der Waals surface area contributed by atoms with Gasteiger partial charge in [-0.15, -0.1) is 0 Å². The van der Waals surface area contributed by atoms with Crippen LogP contribution in [-0.2, 0) is 9.59 Å². The minimum absolute atomic E-state index is 0.0349. The number of ether oxygens (including phenoxy) is 1. The van der Waals surface area contributed by atoms with Gasteiger partial charge in [0, 0.05) is 24.6 Å². The van der Waals surface area contributed by atoms with E-state index in [0.29, 0.717) is 22.9 Å². The Morgan fingerprint density at radius 2 is 2.04 bits per heavy atom. The van der Waals surface area contributed by atoms with E-state index in [4.69, 9.17) is 4.74 Å². The van der Waals surface area contributed by atoms with Crippen molar-refractivity contribution < 1.29 is 19.1 Å². The van der Waals surface area contributed by atoms with E-state index in [-0.39, 0.29) is 43.2 Å².